The van der Waals surface area contributed by atoms with Crippen molar-refractivity contribution in [1.82, 2.24) is 9.88 Å². The third-order valence-corrected chi connectivity index (χ3v) is 4.12. The first-order valence-corrected chi connectivity index (χ1v) is 7.13. The van der Waals surface area contributed by atoms with Gasteiger partial charge in [0.25, 0.3) is 0 Å². The fraction of sp³-hybridized carbons (Fsp3) is 0.353. The highest BCUT2D eigenvalue weighted by atomic mass is 19.1. The molecule has 0 bridgehead atoms. The molecule has 0 fully saturated rings. The van der Waals surface area contributed by atoms with Crippen LogP contribution in [-0.2, 0) is 0 Å². The van der Waals surface area contributed by atoms with E-state index in [2.05, 4.69) is 9.88 Å². The van der Waals surface area contributed by atoms with E-state index in [0.29, 0.717) is 12.1 Å². The second kappa shape index (κ2) is 6.78. The molecule has 3 nitrogen and oxygen atoms in total. The van der Waals surface area contributed by atoms with Gasteiger partial charge in [0.15, 0.2) is 0 Å². The summed E-state index contributed by atoms with van der Waals surface area (Å²) in [6, 6.07) is 8.78. The molecule has 2 rings (SSSR count). The van der Waals surface area contributed by atoms with Crippen LogP contribution in [0.1, 0.15) is 35.7 Å². The summed E-state index contributed by atoms with van der Waals surface area (Å²) in [7, 11) is 1.97. The molecule has 0 radical (unpaired) electrons. The van der Waals surface area contributed by atoms with E-state index in [0.717, 1.165) is 11.1 Å². The minimum Gasteiger partial charge on any atom is -0.329 e. The normalized spacial score (nSPS) is 14.2. The number of nitrogens with two attached hydrogens (primary N) is 1. The zero-order valence-corrected chi connectivity index (χ0v) is 12.8. The first kappa shape index (κ1) is 15.6. The van der Waals surface area contributed by atoms with Gasteiger partial charge in [0.05, 0.1) is 0 Å². The average molecular weight is 287 g/mol. The van der Waals surface area contributed by atoms with Crippen LogP contribution in [0.2, 0.25) is 0 Å². The summed E-state index contributed by atoms with van der Waals surface area (Å²) < 4.78 is 14.0. The van der Waals surface area contributed by atoms with Crippen LogP contribution >= 0.6 is 0 Å². The quantitative estimate of drug-likeness (QED) is 0.918. The Morgan fingerprint density at radius 3 is 2.57 bits per heavy atom. The summed E-state index contributed by atoms with van der Waals surface area (Å²) in [6.07, 6.45) is 3.62. The molecular formula is C17H22FN3. The lowest BCUT2D eigenvalue weighted by Gasteiger charge is -2.33. The van der Waals surface area contributed by atoms with E-state index in [1.54, 1.807) is 12.3 Å². The topological polar surface area (TPSA) is 42.1 Å². The van der Waals surface area contributed by atoms with Crippen LogP contribution in [0, 0.1) is 12.7 Å². The van der Waals surface area contributed by atoms with Crippen molar-refractivity contribution in [3.8, 4) is 0 Å². The Bertz CT molecular complexity index is 600. The first-order valence-electron chi connectivity index (χ1n) is 7.13. The van der Waals surface area contributed by atoms with Crippen molar-refractivity contribution < 1.29 is 4.39 Å². The molecule has 4 heteroatoms. The van der Waals surface area contributed by atoms with Crippen molar-refractivity contribution in [3.63, 3.8) is 0 Å². The molecular weight excluding hydrogens is 265 g/mol. The van der Waals surface area contributed by atoms with Gasteiger partial charge in [-0.3, -0.25) is 9.88 Å². The predicted molar refractivity (Wildman–Crippen MR) is 83.3 cm³/mol. The fourth-order valence-electron chi connectivity index (χ4n) is 2.64. The summed E-state index contributed by atoms with van der Waals surface area (Å²) in [5, 5.41) is 0. The number of hydrogen-bond acceptors (Lipinski definition) is 3. The van der Waals surface area contributed by atoms with Crippen molar-refractivity contribution in [1.29, 1.82) is 0 Å². The van der Waals surface area contributed by atoms with E-state index in [1.807, 2.05) is 45.3 Å². The van der Waals surface area contributed by atoms with Gasteiger partial charge in [-0.25, -0.2) is 4.39 Å². The van der Waals surface area contributed by atoms with Gasteiger partial charge in [0.1, 0.15) is 5.82 Å². The van der Waals surface area contributed by atoms with Crippen LogP contribution in [0.5, 0.6) is 0 Å². The monoisotopic (exact) mass is 287 g/mol. The zero-order chi connectivity index (χ0) is 15.4. The van der Waals surface area contributed by atoms with E-state index in [-0.39, 0.29) is 17.9 Å². The number of benzene rings is 1. The van der Waals surface area contributed by atoms with Gasteiger partial charge in [-0.15, -0.1) is 0 Å². The third-order valence-electron chi connectivity index (χ3n) is 4.12. The molecule has 112 valence electrons. The molecule has 2 atom stereocenters. The van der Waals surface area contributed by atoms with E-state index in [1.165, 1.54) is 6.07 Å². The molecule has 2 aromatic rings. The van der Waals surface area contributed by atoms with Gasteiger partial charge in [-0.05, 0) is 44.2 Å². The Labute approximate surface area is 125 Å². The molecule has 1 aromatic carbocycles. The number of rotatable bonds is 5. The highest BCUT2D eigenvalue weighted by molar-refractivity contribution is 5.27. The van der Waals surface area contributed by atoms with Gasteiger partial charge >= 0.3 is 0 Å². The largest absolute Gasteiger partial charge is 0.329 e. The molecule has 0 aliphatic rings. The Balaban J connectivity index is 2.31. The van der Waals surface area contributed by atoms with E-state index in [9.17, 15) is 4.39 Å². The zero-order valence-electron chi connectivity index (χ0n) is 12.8. The number of pyridine rings is 1. The van der Waals surface area contributed by atoms with E-state index < -0.39 is 0 Å². The minimum atomic E-state index is -0.185. The maximum Gasteiger partial charge on any atom is 0.127 e. The van der Waals surface area contributed by atoms with Gasteiger partial charge in [-0.1, -0.05) is 18.2 Å². The van der Waals surface area contributed by atoms with Crippen LogP contribution in [0.25, 0.3) is 0 Å². The molecule has 0 saturated heterocycles. The molecule has 2 N–H and O–H groups in total. The number of nitrogens with zero attached hydrogens (tertiary/aromatic N) is 2. The number of likely N-dealkylation sites (N-methyl/N-ethyl adjacent to an activating group) is 1. The van der Waals surface area contributed by atoms with Crippen molar-refractivity contribution in [2.24, 2.45) is 5.73 Å². The van der Waals surface area contributed by atoms with Crippen LogP contribution in [0.4, 0.5) is 4.39 Å². The molecule has 0 spiro atoms. The Morgan fingerprint density at radius 1 is 1.24 bits per heavy atom. The van der Waals surface area contributed by atoms with Gasteiger partial charge in [-0.2, -0.15) is 0 Å². The molecule has 0 aliphatic carbocycles. The summed E-state index contributed by atoms with van der Waals surface area (Å²) in [6.45, 7) is 4.50. The summed E-state index contributed by atoms with van der Waals surface area (Å²) >= 11 is 0. The predicted octanol–water partition coefficient (Wildman–Crippen LogP) is 3.22. The van der Waals surface area contributed by atoms with Crippen LogP contribution in [-0.4, -0.2) is 23.5 Å². The van der Waals surface area contributed by atoms with Crippen molar-refractivity contribution in [3.05, 3.63) is 65.2 Å². The average Bonchev–Trinajstić information content (AvgIpc) is 2.49. The second-order valence-electron chi connectivity index (χ2n) is 5.35. The lowest BCUT2D eigenvalue weighted by atomic mass is 9.99. The summed E-state index contributed by atoms with van der Waals surface area (Å²) in [4.78, 5) is 6.29. The second-order valence-corrected chi connectivity index (χ2v) is 5.35. The van der Waals surface area contributed by atoms with Gasteiger partial charge < -0.3 is 5.73 Å². The molecule has 1 aromatic heterocycles. The number of aryl methyl sites for hydroxylation is 1. The SMILES string of the molecule is Cc1ccncc1C(CN)N(C)C(C)c1ccccc1F. The van der Waals surface area contributed by atoms with E-state index in [4.69, 9.17) is 5.73 Å². The molecule has 0 saturated carbocycles. The van der Waals surface area contributed by atoms with Crippen molar-refractivity contribution in [2.75, 3.05) is 13.6 Å². The molecule has 0 aliphatic heterocycles. The van der Waals surface area contributed by atoms with Crippen LogP contribution < -0.4 is 5.73 Å². The van der Waals surface area contributed by atoms with Crippen molar-refractivity contribution in [2.45, 2.75) is 25.9 Å². The molecule has 2 unspecified atom stereocenters. The smallest absolute Gasteiger partial charge is 0.127 e. The van der Waals surface area contributed by atoms with Gasteiger partial charge in [0, 0.05) is 36.6 Å². The molecule has 0 amide bonds. The Kier molecular flexibility index (Phi) is 5.04. The number of hydrogen-bond donors (Lipinski definition) is 1. The number of aromatic nitrogens is 1. The fourth-order valence-corrected chi connectivity index (χ4v) is 2.64. The van der Waals surface area contributed by atoms with Crippen LogP contribution in [0.15, 0.2) is 42.7 Å². The molecule has 1 heterocycles. The van der Waals surface area contributed by atoms with E-state index >= 15 is 0 Å². The Hall–Kier alpha value is -1.78. The maximum atomic E-state index is 14.0. The number of halogens is 1. The minimum absolute atomic E-state index is 0.00769. The maximum absolute atomic E-state index is 14.0. The third kappa shape index (κ3) is 3.28. The highest BCUT2D eigenvalue weighted by Gasteiger charge is 2.24. The van der Waals surface area contributed by atoms with Crippen molar-refractivity contribution >= 4 is 0 Å². The van der Waals surface area contributed by atoms with Gasteiger partial charge in [0.2, 0.25) is 0 Å². The molecule has 21 heavy (non-hydrogen) atoms. The first-order chi connectivity index (χ1) is 10.1. The highest BCUT2D eigenvalue weighted by Crippen LogP contribution is 2.30. The van der Waals surface area contributed by atoms with Crippen LogP contribution in [0.3, 0.4) is 0 Å². The lowest BCUT2D eigenvalue weighted by molar-refractivity contribution is 0.186. The summed E-state index contributed by atoms with van der Waals surface area (Å²) in [5.74, 6) is -0.185. The Morgan fingerprint density at radius 2 is 1.95 bits per heavy atom. The lowest BCUT2D eigenvalue weighted by Crippen LogP contribution is -2.33. The summed E-state index contributed by atoms with van der Waals surface area (Å²) in [5.41, 5.74) is 8.88. The standard InChI is InChI=1S/C17H22FN3/c1-12-8-9-20-11-15(12)17(10-19)21(3)13(2)14-6-4-5-7-16(14)18/h4-9,11,13,17H,10,19H2,1-3H3.